The third kappa shape index (κ3) is 3.82. The molecule has 1 amide bonds. The second-order valence-electron chi connectivity index (χ2n) is 9.50. The fourth-order valence-electron chi connectivity index (χ4n) is 4.27. The molecule has 0 radical (unpaired) electrons. The maximum Gasteiger partial charge on any atom is 0.410 e. The van der Waals surface area contributed by atoms with Crippen LogP contribution in [0.15, 0.2) is 18.3 Å². The summed E-state index contributed by atoms with van der Waals surface area (Å²) in [6.45, 7) is 11.2. The second-order valence-corrected chi connectivity index (χ2v) is 9.50. The number of anilines is 1. The first-order chi connectivity index (χ1) is 14.1. The zero-order valence-corrected chi connectivity index (χ0v) is 18.6. The Kier molecular flexibility index (Phi) is 5.11. The molecule has 0 unspecified atom stereocenters. The van der Waals surface area contributed by atoms with Gasteiger partial charge in [0, 0.05) is 24.5 Å². The molecule has 8 nitrogen and oxygen atoms in total. The lowest BCUT2D eigenvalue weighted by Crippen LogP contribution is -2.39. The van der Waals surface area contributed by atoms with E-state index in [9.17, 15) is 4.79 Å². The van der Waals surface area contributed by atoms with Crippen LogP contribution in [-0.2, 0) is 4.74 Å². The van der Waals surface area contributed by atoms with E-state index in [0.717, 1.165) is 41.2 Å². The second kappa shape index (κ2) is 7.49. The maximum absolute atomic E-state index is 12.7. The fourth-order valence-corrected chi connectivity index (χ4v) is 4.27. The SMILES string of the molecule is CC(C)n1ncc2cc3nc(N)n([C@@H]4CCCCN(C(=O)OC(C)(C)C)C4)c3cc21. The Labute approximate surface area is 177 Å². The van der Waals surface area contributed by atoms with E-state index < -0.39 is 5.60 Å². The smallest absolute Gasteiger partial charge is 0.410 e. The van der Waals surface area contributed by atoms with Gasteiger partial charge in [0.05, 0.1) is 28.8 Å². The predicted octanol–water partition coefficient (Wildman–Crippen LogP) is 4.51. The van der Waals surface area contributed by atoms with Crippen molar-refractivity contribution in [3.05, 3.63) is 18.3 Å². The van der Waals surface area contributed by atoms with Crippen LogP contribution in [0.5, 0.6) is 0 Å². The van der Waals surface area contributed by atoms with Gasteiger partial charge in [0.15, 0.2) is 0 Å². The standard InChI is InChI=1S/C22H32N6O2/c1-14(2)28-18-11-19-17(10-15(18)12-24-28)25-20(23)27(19)16-8-6-7-9-26(13-16)21(29)30-22(3,4)5/h10-12,14,16H,6-9,13H2,1-5H3,(H2,23,25)/t16-/m1/s1. The van der Waals surface area contributed by atoms with Crippen molar-refractivity contribution < 1.29 is 9.53 Å². The number of ether oxygens (including phenoxy) is 1. The molecule has 0 aliphatic carbocycles. The highest BCUT2D eigenvalue weighted by Crippen LogP contribution is 2.32. The highest BCUT2D eigenvalue weighted by atomic mass is 16.6. The lowest BCUT2D eigenvalue weighted by molar-refractivity contribution is 0.0238. The molecule has 1 fully saturated rings. The van der Waals surface area contributed by atoms with Crippen LogP contribution >= 0.6 is 0 Å². The summed E-state index contributed by atoms with van der Waals surface area (Å²) in [5, 5.41) is 5.58. The van der Waals surface area contributed by atoms with E-state index in [1.807, 2.05) is 42.6 Å². The van der Waals surface area contributed by atoms with Crippen LogP contribution in [0.25, 0.3) is 21.9 Å². The van der Waals surface area contributed by atoms with E-state index >= 15 is 0 Å². The quantitative estimate of drug-likeness (QED) is 0.669. The molecule has 3 aromatic rings. The molecule has 8 heteroatoms. The van der Waals surface area contributed by atoms with Gasteiger partial charge in [0.25, 0.3) is 0 Å². The summed E-state index contributed by atoms with van der Waals surface area (Å²) in [7, 11) is 0. The van der Waals surface area contributed by atoms with Crippen LogP contribution in [0.3, 0.4) is 0 Å². The summed E-state index contributed by atoms with van der Waals surface area (Å²) < 4.78 is 9.73. The lowest BCUT2D eigenvalue weighted by Gasteiger charge is -2.29. The van der Waals surface area contributed by atoms with Crippen molar-refractivity contribution in [2.24, 2.45) is 0 Å². The molecule has 1 aliphatic rings. The van der Waals surface area contributed by atoms with Crippen molar-refractivity contribution in [1.29, 1.82) is 0 Å². The summed E-state index contributed by atoms with van der Waals surface area (Å²) in [5.41, 5.74) is 8.78. The molecule has 2 aromatic heterocycles. The van der Waals surface area contributed by atoms with Crippen LogP contribution in [0.4, 0.5) is 10.7 Å². The lowest BCUT2D eigenvalue weighted by atomic mass is 10.1. The van der Waals surface area contributed by atoms with Gasteiger partial charge in [-0.05, 0) is 66.0 Å². The van der Waals surface area contributed by atoms with Gasteiger partial charge in [-0.1, -0.05) is 0 Å². The summed E-state index contributed by atoms with van der Waals surface area (Å²) in [6.07, 6.45) is 4.52. The zero-order valence-electron chi connectivity index (χ0n) is 18.6. The minimum Gasteiger partial charge on any atom is -0.444 e. The van der Waals surface area contributed by atoms with E-state index in [1.165, 1.54) is 0 Å². The Bertz CT molecular complexity index is 1070. The molecule has 0 spiro atoms. The van der Waals surface area contributed by atoms with Crippen molar-refractivity contribution in [2.45, 2.75) is 71.6 Å². The number of likely N-dealkylation sites (tertiary alicyclic amines) is 1. The monoisotopic (exact) mass is 412 g/mol. The molecule has 162 valence electrons. The fraction of sp³-hybridized carbons (Fsp3) is 0.591. The predicted molar refractivity (Wildman–Crippen MR) is 119 cm³/mol. The van der Waals surface area contributed by atoms with Crippen LogP contribution in [-0.4, -0.2) is 49.0 Å². The number of hydrogen-bond acceptors (Lipinski definition) is 5. The van der Waals surface area contributed by atoms with Crippen LogP contribution in [0.1, 0.15) is 66.0 Å². The Morgan fingerprint density at radius 3 is 2.70 bits per heavy atom. The van der Waals surface area contributed by atoms with E-state index in [0.29, 0.717) is 19.0 Å². The number of benzene rings is 1. The molecule has 0 saturated carbocycles. The van der Waals surface area contributed by atoms with Gasteiger partial charge in [0.2, 0.25) is 5.95 Å². The van der Waals surface area contributed by atoms with Crippen molar-refractivity contribution in [3.63, 3.8) is 0 Å². The summed E-state index contributed by atoms with van der Waals surface area (Å²) in [4.78, 5) is 19.2. The molecule has 1 aliphatic heterocycles. The first-order valence-electron chi connectivity index (χ1n) is 10.8. The minimum atomic E-state index is -0.513. The Morgan fingerprint density at radius 1 is 1.23 bits per heavy atom. The molecule has 3 heterocycles. The first-order valence-corrected chi connectivity index (χ1v) is 10.8. The number of rotatable bonds is 2. The molecular formula is C22H32N6O2. The number of nitrogen functional groups attached to an aromatic ring is 1. The number of amides is 1. The minimum absolute atomic E-state index is 0.0536. The van der Waals surface area contributed by atoms with Gasteiger partial charge in [-0.2, -0.15) is 5.10 Å². The van der Waals surface area contributed by atoms with Crippen molar-refractivity contribution in [2.75, 3.05) is 18.8 Å². The van der Waals surface area contributed by atoms with Crippen molar-refractivity contribution in [1.82, 2.24) is 24.2 Å². The molecule has 1 saturated heterocycles. The Hall–Kier alpha value is -2.77. The van der Waals surface area contributed by atoms with E-state index in [4.69, 9.17) is 10.5 Å². The van der Waals surface area contributed by atoms with Gasteiger partial charge < -0.3 is 19.9 Å². The molecule has 2 N–H and O–H groups in total. The number of hydrogen-bond donors (Lipinski definition) is 1. The molecule has 4 rings (SSSR count). The van der Waals surface area contributed by atoms with E-state index in [-0.39, 0.29) is 18.2 Å². The molecule has 1 atom stereocenters. The Balaban J connectivity index is 1.73. The molecule has 1 aromatic carbocycles. The largest absolute Gasteiger partial charge is 0.444 e. The number of nitrogens with zero attached hydrogens (tertiary/aromatic N) is 5. The topological polar surface area (TPSA) is 91.2 Å². The first kappa shape index (κ1) is 20.5. The third-order valence-electron chi connectivity index (χ3n) is 5.59. The normalized spacial score (nSPS) is 18.3. The summed E-state index contributed by atoms with van der Waals surface area (Å²) in [5.74, 6) is 0.484. The summed E-state index contributed by atoms with van der Waals surface area (Å²) in [6, 6.07) is 4.49. The highest BCUT2D eigenvalue weighted by Gasteiger charge is 2.29. The molecular weight excluding hydrogens is 380 g/mol. The number of fused-ring (bicyclic) bond motifs is 2. The number of carbonyl (C=O) groups is 1. The van der Waals surface area contributed by atoms with Gasteiger partial charge in [0.1, 0.15) is 5.60 Å². The maximum atomic E-state index is 12.7. The average Bonchev–Trinajstić information content (AvgIpc) is 3.08. The number of aromatic nitrogens is 4. The van der Waals surface area contributed by atoms with Gasteiger partial charge in [-0.15, -0.1) is 0 Å². The molecule has 30 heavy (non-hydrogen) atoms. The van der Waals surface area contributed by atoms with Crippen LogP contribution < -0.4 is 5.73 Å². The summed E-state index contributed by atoms with van der Waals surface area (Å²) >= 11 is 0. The average molecular weight is 413 g/mol. The van der Waals surface area contributed by atoms with Crippen LogP contribution in [0, 0.1) is 0 Å². The Morgan fingerprint density at radius 2 is 2.00 bits per heavy atom. The number of carbonyl (C=O) groups excluding carboxylic acids is 1. The van der Waals surface area contributed by atoms with E-state index in [2.05, 4.69) is 34.6 Å². The van der Waals surface area contributed by atoms with Gasteiger partial charge >= 0.3 is 6.09 Å². The van der Waals surface area contributed by atoms with Gasteiger partial charge in [-0.3, -0.25) is 4.68 Å². The van der Waals surface area contributed by atoms with Crippen molar-refractivity contribution >= 4 is 34.0 Å². The zero-order chi connectivity index (χ0) is 21.6. The molecule has 0 bridgehead atoms. The number of nitrogens with two attached hydrogens (primary N) is 1. The highest BCUT2D eigenvalue weighted by molar-refractivity contribution is 5.94. The van der Waals surface area contributed by atoms with E-state index in [1.54, 1.807) is 0 Å². The number of imidazole rings is 1. The van der Waals surface area contributed by atoms with Crippen molar-refractivity contribution in [3.8, 4) is 0 Å². The third-order valence-corrected chi connectivity index (χ3v) is 5.59. The van der Waals surface area contributed by atoms with Gasteiger partial charge in [-0.25, -0.2) is 9.78 Å². The van der Waals surface area contributed by atoms with Crippen LogP contribution in [0.2, 0.25) is 0 Å².